The van der Waals surface area contributed by atoms with E-state index in [4.69, 9.17) is 9.72 Å². The Morgan fingerprint density at radius 2 is 1.96 bits per heavy atom. The van der Waals surface area contributed by atoms with Gasteiger partial charge in [-0.1, -0.05) is 41.6 Å². The number of aryl methyl sites for hydroxylation is 1. The minimum Gasteiger partial charge on any atom is -0.383 e. The van der Waals surface area contributed by atoms with Gasteiger partial charge in [0.15, 0.2) is 5.16 Å². The summed E-state index contributed by atoms with van der Waals surface area (Å²) in [5.41, 5.74) is 4.20. The number of thioether (sulfide) groups is 1. The molecule has 26 heavy (non-hydrogen) atoms. The number of rotatable bonds is 7. The third-order valence-corrected chi connectivity index (χ3v) is 4.92. The summed E-state index contributed by atoms with van der Waals surface area (Å²) < 4.78 is 7.16. The molecule has 0 radical (unpaired) electrons. The highest BCUT2D eigenvalue weighted by atomic mass is 32.2. The van der Waals surface area contributed by atoms with Crippen LogP contribution >= 0.6 is 11.8 Å². The van der Waals surface area contributed by atoms with Crippen molar-refractivity contribution >= 4 is 28.7 Å². The second kappa shape index (κ2) is 8.38. The number of nitrogens with one attached hydrogen (secondary N) is 1. The van der Waals surface area contributed by atoms with Crippen LogP contribution < -0.4 is 5.32 Å². The summed E-state index contributed by atoms with van der Waals surface area (Å²) in [5, 5.41) is 3.74. The topological polar surface area (TPSA) is 56.1 Å². The number of benzene rings is 2. The highest BCUT2D eigenvalue weighted by Crippen LogP contribution is 2.28. The molecule has 0 aliphatic heterocycles. The van der Waals surface area contributed by atoms with E-state index in [1.165, 1.54) is 17.3 Å². The van der Waals surface area contributed by atoms with Gasteiger partial charge in [-0.2, -0.15) is 0 Å². The fraction of sp³-hybridized carbons (Fsp3) is 0.300. The van der Waals surface area contributed by atoms with E-state index in [1.54, 1.807) is 7.11 Å². The Morgan fingerprint density at radius 1 is 1.23 bits per heavy atom. The summed E-state index contributed by atoms with van der Waals surface area (Å²) in [5.74, 6) is 0.283. The number of aromatic nitrogens is 2. The van der Waals surface area contributed by atoms with Crippen LogP contribution in [0, 0.1) is 6.92 Å². The molecule has 1 heterocycles. The molecule has 5 nitrogen and oxygen atoms in total. The van der Waals surface area contributed by atoms with Crippen LogP contribution in [-0.2, 0) is 9.53 Å². The van der Waals surface area contributed by atoms with Crippen LogP contribution in [0.1, 0.15) is 12.5 Å². The Bertz CT molecular complexity index is 890. The average Bonchev–Trinajstić information content (AvgIpc) is 2.99. The maximum Gasteiger partial charge on any atom is 0.230 e. The number of carbonyl (C=O) groups is 1. The molecule has 3 rings (SSSR count). The number of hydrogen-bond donors (Lipinski definition) is 1. The number of hydrogen-bond acceptors (Lipinski definition) is 4. The van der Waals surface area contributed by atoms with E-state index in [9.17, 15) is 4.79 Å². The van der Waals surface area contributed by atoms with Gasteiger partial charge in [0.1, 0.15) is 0 Å². The molecule has 3 aromatic rings. The van der Waals surface area contributed by atoms with Crippen LogP contribution in [0.4, 0.5) is 0 Å². The van der Waals surface area contributed by atoms with Gasteiger partial charge in [0.2, 0.25) is 5.91 Å². The van der Waals surface area contributed by atoms with Gasteiger partial charge in [0.25, 0.3) is 0 Å². The molecule has 1 N–H and O–H groups in total. The molecule has 0 aliphatic carbocycles. The van der Waals surface area contributed by atoms with Crippen LogP contribution in [0.3, 0.4) is 0 Å². The average molecular weight is 369 g/mol. The molecule has 0 aliphatic rings. The second-order valence-corrected chi connectivity index (χ2v) is 7.21. The van der Waals surface area contributed by atoms with Crippen molar-refractivity contribution in [2.45, 2.75) is 25.0 Å². The van der Waals surface area contributed by atoms with Gasteiger partial charge < -0.3 is 10.1 Å². The van der Waals surface area contributed by atoms with E-state index in [0.29, 0.717) is 12.4 Å². The van der Waals surface area contributed by atoms with Crippen LogP contribution in [-0.4, -0.2) is 41.0 Å². The highest BCUT2D eigenvalue weighted by Gasteiger charge is 2.15. The molecule has 136 valence electrons. The first-order chi connectivity index (χ1) is 12.6. The highest BCUT2D eigenvalue weighted by molar-refractivity contribution is 7.99. The van der Waals surface area contributed by atoms with E-state index >= 15 is 0 Å². The first kappa shape index (κ1) is 18.5. The predicted octanol–water partition coefficient (Wildman–Crippen LogP) is 3.58. The lowest BCUT2D eigenvalue weighted by atomic mass is 10.2. The molecule has 0 bridgehead atoms. The van der Waals surface area contributed by atoms with Crippen molar-refractivity contribution in [3.8, 4) is 5.69 Å². The molecule has 0 saturated carbocycles. The Morgan fingerprint density at radius 3 is 2.69 bits per heavy atom. The van der Waals surface area contributed by atoms with Crippen LogP contribution in [0.15, 0.2) is 53.7 Å². The van der Waals surface area contributed by atoms with Crippen molar-refractivity contribution in [3.63, 3.8) is 0 Å². The van der Waals surface area contributed by atoms with E-state index in [1.807, 2.05) is 31.2 Å². The molecule has 1 aromatic heterocycles. The summed E-state index contributed by atoms with van der Waals surface area (Å²) in [7, 11) is 1.63. The van der Waals surface area contributed by atoms with Crippen molar-refractivity contribution in [1.29, 1.82) is 0 Å². The van der Waals surface area contributed by atoms with E-state index in [2.05, 4.69) is 41.1 Å². The third kappa shape index (κ3) is 4.26. The molecule has 1 unspecified atom stereocenters. The zero-order valence-electron chi connectivity index (χ0n) is 15.2. The molecule has 0 saturated heterocycles. The van der Waals surface area contributed by atoms with Gasteiger partial charge in [-0.25, -0.2) is 4.98 Å². The first-order valence-electron chi connectivity index (χ1n) is 8.54. The van der Waals surface area contributed by atoms with E-state index < -0.39 is 0 Å². The van der Waals surface area contributed by atoms with Crippen molar-refractivity contribution in [2.24, 2.45) is 0 Å². The second-order valence-electron chi connectivity index (χ2n) is 6.27. The summed E-state index contributed by atoms with van der Waals surface area (Å²) in [6.07, 6.45) is 0. The number of nitrogens with zero attached hydrogens (tertiary/aromatic N) is 2. The monoisotopic (exact) mass is 369 g/mol. The number of para-hydroxylation sites is 2. The molecule has 0 fully saturated rings. The third-order valence-electron chi connectivity index (χ3n) is 3.98. The normalized spacial score (nSPS) is 12.3. The fourth-order valence-electron chi connectivity index (χ4n) is 2.78. The first-order valence-corrected chi connectivity index (χ1v) is 9.52. The largest absolute Gasteiger partial charge is 0.383 e. The zero-order chi connectivity index (χ0) is 18.5. The number of methoxy groups -OCH3 is 1. The lowest BCUT2D eigenvalue weighted by Gasteiger charge is -2.13. The summed E-state index contributed by atoms with van der Waals surface area (Å²) >= 11 is 1.44. The predicted molar refractivity (Wildman–Crippen MR) is 106 cm³/mol. The van der Waals surface area contributed by atoms with Crippen LogP contribution in [0.2, 0.25) is 0 Å². The summed E-state index contributed by atoms with van der Waals surface area (Å²) in [6.45, 7) is 4.49. The zero-order valence-corrected chi connectivity index (χ0v) is 16.0. The van der Waals surface area contributed by atoms with Crippen molar-refractivity contribution in [3.05, 3.63) is 54.1 Å². The van der Waals surface area contributed by atoms with Gasteiger partial charge in [-0.05, 0) is 38.1 Å². The number of fused-ring (bicyclic) bond motifs is 1. The summed E-state index contributed by atoms with van der Waals surface area (Å²) in [4.78, 5) is 16.9. The number of ether oxygens (including phenoxy) is 1. The minimum atomic E-state index is -0.0259. The van der Waals surface area contributed by atoms with Gasteiger partial charge in [0, 0.05) is 18.8 Å². The Kier molecular flexibility index (Phi) is 5.96. The standard InChI is InChI=1S/C20H23N3O2S/c1-14-8-10-16(11-9-14)23-18-7-5-4-6-17(18)22-20(23)26-13-19(24)21-15(2)12-25-3/h4-11,15H,12-13H2,1-3H3,(H,21,24). The number of imidazole rings is 1. The van der Waals surface area contributed by atoms with Gasteiger partial charge >= 0.3 is 0 Å². The quantitative estimate of drug-likeness (QED) is 0.647. The molecule has 1 atom stereocenters. The SMILES string of the molecule is COCC(C)NC(=O)CSc1nc2ccccc2n1-c1ccc(C)cc1. The number of amides is 1. The Hall–Kier alpha value is -2.31. The van der Waals surface area contributed by atoms with Crippen LogP contribution in [0.5, 0.6) is 0 Å². The van der Waals surface area contributed by atoms with Crippen molar-refractivity contribution in [1.82, 2.24) is 14.9 Å². The van der Waals surface area contributed by atoms with Crippen molar-refractivity contribution in [2.75, 3.05) is 19.5 Å². The maximum absolute atomic E-state index is 12.2. The minimum absolute atomic E-state index is 0.0102. The Balaban J connectivity index is 1.85. The Labute approximate surface area is 157 Å². The molecule has 1 amide bonds. The number of carbonyl (C=O) groups excluding carboxylic acids is 1. The van der Waals surface area contributed by atoms with Gasteiger partial charge in [-0.3, -0.25) is 9.36 Å². The van der Waals surface area contributed by atoms with E-state index in [-0.39, 0.29) is 11.9 Å². The molecule has 2 aromatic carbocycles. The lowest BCUT2D eigenvalue weighted by molar-refractivity contribution is -0.119. The molecular weight excluding hydrogens is 346 g/mol. The van der Waals surface area contributed by atoms with Gasteiger partial charge in [0.05, 0.1) is 23.4 Å². The molecule has 6 heteroatoms. The smallest absolute Gasteiger partial charge is 0.230 e. The van der Waals surface area contributed by atoms with E-state index in [0.717, 1.165) is 21.9 Å². The lowest BCUT2D eigenvalue weighted by Crippen LogP contribution is -2.36. The molecular formula is C20H23N3O2S. The van der Waals surface area contributed by atoms with Crippen molar-refractivity contribution < 1.29 is 9.53 Å². The van der Waals surface area contributed by atoms with Crippen LogP contribution in [0.25, 0.3) is 16.7 Å². The summed E-state index contributed by atoms with van der Waals surface area (Å²) in [6, 6.07) is 16.3. The fourth-order valence-corrected chi connectivity index (χ4v) is 3.62. The maximum atomic E-state index is 12.2. The van der Waals surface area contributed by atoms with Gasteiger partial charge in [-0.15, -0.1) is 0 Å². The molecule has 0 spiro atoms.